The molecule has 1 aliphatic heterocycles. The van der Waals surface area contributed by atoms with Gasteiger partial charge in [-0.1, -0.05) is 0 Å². The number of rotatable bonds is 3. The third kappa shape index (κ3) is 2.18. The summed E-state index contributed by atoms with van der Waals surface area (Å²) in [5.74, 6) is 1.56. The highest BCUT2D eigenvalue weighted by Crippen LogP contribution is 2.23. The van der Waals surface area contributed by atoms with Gasteiger partial charge in [0.1, 0.15) is 12.4 Å². The van der Waals surface area contributed by atoms with E-state index in [1.807, 2.05) is 12.1 Å². The molecule has 2 rings (SSSR count). The van der Waals surface area contributed by atoms with Gasteiger partial charge in [-0.05, 0) is 12.1 Å². The van der Waals surface area contributed by atoms with Crippen LogP contribution in [0, 0.1) is 0 Å². The summed E-state index contributed by atoms with van der Waals surface area (Å²) >= 11 is 1.48. The molecule has 1 saturated heterocycles. The summed E-state index contributed by atoms with van der Waals surface area (Å²) in [6, 6.07) is 3.71. The van der Waals surface area contributed by atoms with Crippen molar-refractivity contribution < 1.29 is 18.7 Å². The van der Waals surface area contributed by atoms with Gasteiger partial charge in [-0.2, -0.15) is 0 Å². The van der Waals surface area contributed by atoms with E-state index in [0.29, 0.717) is 12.4 Å². The van der Waals surface area contributed by atoms with Gasteiger partial charge >= 0.3 is 6.16 Å². The molecule has 5 heteroatoms. The van der Waals surface area contributed by atoms with E-state index >= 15 is 0 Å². The molecule has 0 radical (unpaired) electrons. The molecule has 0 spiro atoms. The fourth-order valence-electron chi connectivity index (χ4n) is 0.963. The second-order valence-electron chi connectivity index (χ2n) is 2.50. The lowest BCUT2D eigenvalue weighted by Gasteiger charge is -2.02. The molecule has 0 N–H and O–H groups in total. The van der Waals surface area contributed by atoms with Gasteiger partial charge in [-0.25, -0.2) is 4.79 Å². The largest absolute Gasteiger partial charge is 0.509 e. The van der Waals surface area contributed by atoms with E-state index in [2.05, 4.69) is 4.74 Å². The van der Waals surface area contributed by atoms with E-state index in [9.17, 15) is 4.79 Å². The van der Waals surface area contributed by atoms with Crippen LogP contribution in [-0.4, -0.2) is 18.2 Å². The summed E-state index contributed by atoms with van der Waals surface area (Å²) in [5.41, 5.74) is -0.197. The first kappa shape index (κ1) is 8.50. The molecule has 1 aromatic heterocycles. The second kappa shape index (κ2) is 3.74. The summed E-state index contributed by atoms with van der Waals surface area (Å²) in [7, 11) is 0. The standard InChI is InChI=1S/C8H8O4S/c9-8-11-4-7(12-8)13-5-6-2-1-3-10-6/h1-3,7H,4-5H2. The number of furan rings is 1. The Hall–Kier alpha value is -1.10. The SMILES string of the molecule is O=C1OCC(SCc2ccco2)O1. The van der Waals surface area contributed by atoms with Gasteiger partial charge < -0.3 is 13.9 Å². The maximum Gasteiger partial charge on any atom is 0.509 e. The Kier molecular flexibility index (Phi) is 2.44. The number of ether oxygens (including phenoxy) is 2. The highest BCUT2D eigenvalue weighted by Gasteiger charge is 2.25. The third-order valence-electron chi connectivity index (χ3n) is 1.56. The number of thioether (sulfide) groups is 1. The molecule has 1 aliphatic rings. The monoisotopic (exact) mass is 200 g/mol. The molecule has 0 aromatic carbocycles. The van der Waals surface area contributed by atoms with Gasteiger partial charge in [0.15, 0.2) is 5.44 Å². The first-order valence-corrected chi connectivity index (χ1v) is 4.87. The van der Waals surface area contributed by atoms with Gasteiger partial charge in [-0.15, -0.1) is 11.8 Å². The predicted octanol–water partition coefficient (Wildman–Crippen LogP) is 2.01. The Morgan fingerprint density at radius 2 is 2.54 bits per heavy atom. The molecule has 0 bridgehead atoms. The summed E-state index contributed by atoms with van der Waals surface area (Å²) in [4.78, 5) is 10.5. The Bertz CT molecular complexity index is 282. The van der Waals surface area contributed by atoms with Crippen LogP contribution in [0.1, 0.15) is 5.76 Å². The molecule has 0 saturated carbocycles. The molecule has 1 unspecified atom stereocenters. The van der Waals surface area contributed by atoms with Crippen molar-refractivity contribution in [3.63, 3.8) is 0 Å². The van der Waals surface area contributed by atoms with Gasteiger partial charge in [0.05, 0.1) is 12.0 Å². The summed E-state index contributed by atoms with van der Waals surface area (Å²) in [6.07, 6.45) is 1.03. The van der Waals surface area contributed by atoms with E-state index < -0.39 is 6.16 Å². The quantitative estimate of drug-likeness (QED) is 0.698. The molecule has 0 aliphatic carbocycles. The predicted molar refractivity (Wildman–Crippen MR) is 46.2 cm³/mol. The van der Waals surface area contributed by atoms with Crippen LogP contribution in [0.3, 0.4) is 0 Å². The van der Waals surface area contributed by atoms with Crippen LogP contribution >= 0.6 is 11.8 Å². The maximum absolute atomic E-state index is 10.5. The van der Waals surface area contributed by atoms with Crippen molar-refractivity contribution in [2.45, 2.75) is 11.2 Å². The third-order valence-corrected chi connectivity index (χ3v) is 2.61. The molecule has 70 valence electrons. The first-order valence-electron chi connectivity index (χ1n) is 3.82. The lowest BCUT2D eigenvalue weighted by atomic mass is 10.5. The smallest absolute Gasteiger partial charge is 0.468 e. The van der Waals surface area contributed by atoms with Crippen molar-refractivity contribution in [1.29, 1.82) is 0 Å². The van der Waals surface area contributed by atoms with Crippen LogP contribution in [0.25, 0.3) is 0 Å². The van der Waals surface area contributed by atoms with Crippen LogP contribution in [0.2, 0.25) is 0 Å². The fraction of sp³-hybridized carbons (Fsp3) is 0.375. The minimum atomic E-state index is -0.586. The Balaban J connectivity index is 1.77. The topological polar surface area (TPSA) is 48.7 Å². The second-order valence-corrected chi connectivity index (χ2v) is 3.65. The highest BCUT2D eigenvalue weighted by molar-refractivity contribution is 7.99. The molecule has 4 nitrogen and oxygen atoms in total. The molecule has 1 atom stereocenters. The average molecular weight is 200 g/mol. The van der Waals surface area contributed by atoms with E-state index in [0.717, 1.165) is 5.76 Å². The minimum absolute atomic E-state index is 0.197. The summed E-state index contributed by atoms with van der Waals surface area (Å²) < 4.78 is 14.6. The van der Waals surface area contributed by atoms with E-state index in [1.54, 1.807) is 6.26 Å². The average Bonchev–Trinajstić information content (AvgIpc) is 2.71. The van der Waals surface area contributed by atoms with Crippen molar-refractivity contribution in [2.24, 2.45) is 0 Å². The van der Waals surface area contributed by atoms with Gasteiger partial charge in [0.25, 0.3) is 0 Å². The number of hydrogen-bond acceptors (Lipinski definition) is 5. The highest BCUT2D eigenvalue weighted by atomic mass is 32.2. The van der Waals surface area contributed by atoms with Crippen molar-refractivity contribution in [1.82, 2.24) is 0 Å². The molecule has 1 aromatic rings. The zero-order valence-corrected chi connectivity index (χ0v) is 7.58. The lowest BCUT2D eigenvalue weighted by Crippen LogP contribution is -2.03. The van der Waals surface area contributed by atoms with Gasteiger partial charge in [0, 0.05) is 0 Å². The fourth-order valence-corrected chi connectivity index (χ4v) is 1.79. The van der Waals surface area contributed by atoms with Crippen molar-refractivity contribution >= 4 is 17.9 Å². The molecule has 2 heterocycles. The lowest BCUT2D eigenvalue weighted by molar-refractivity contribution is 0.129. The van der Waals surface area contributed by atoms with Crippen LogP contribution in [-0.2, 0) is 15.2 Å². The number of hydrogen-bond donors (Lipinski definition) is 0. The molecular weight excluding hydrogens is 192 g/mol. The molecule has 13 heavy (non-hydrogen) atoms. The van der Waals surface area contributed by atoms with Crippen LogP contribution in [0.4, 0.5) is 4.79 Å². The minimum Gasteiger partial charge on any atom is -0.468 e. The van der Waals surface area contributed by atoms with Crippen molar-refractivity contribution in [3.05, 3.63) is 24.2 Å². The first-order chi connectivity index (χ1) is 6.34. The Morgan fingerprint density at radius 1 is 1.62 bits per heavy atom. The Morgan fingerprint density at radius 3 is 3.15 bits per heavy atom. The molecule has 0 amide bonds. The zero-order chi connectivity index (χ0) is 9.10. The van der Waals surface area contributed by atoms with E-state index in [1.165, 1.54) is 11.8 Å². The van der Waals surface area contributed by atoms with Crippen LogP contribution < -0.4 is 0 Å². The Labute approximate surface area is 79.2 Å². The van der Waals surface area contributed by atoms with Gasteiger partial charge in [0.2, 0.25) is 0 Å². The maximum atomic E-state index is 10.5. The number of cyclic esters (lactones) is 2. The van der Waals surface area contributed by atoms with Crippen LogP contribution in [0.5, 0.6) is 0 Å². The van der Waals surface area contributed by atoms with E-state index in [-0.39, 0.29) is 5.44 Å². The summed E-state index contributed by atoms with van der Waals surface area (Å²) in [5, 5.41) is 0. The number of carbonyl (C=O) groups excluding carboxylic acids is 1. The van der Waals surface area contributed by atoms with E-state index in [4.69, 9.17) is 9.15 Å². The van der Waals surface area contributed by atoms with Crippen LogP contribution in [0.15, 0.2) is 22.8 Å². The van der Waals surface area contributed by atoms with Crippen molar-refractivity contribution in [2.75, 3.05) is 6.61 Å². The molecular formula is C8H8O4S. The zero-order valence-electron chi connectivity index (χ0n) is 6.76. The number of carbonyl (C=O) groups is 1. The normalized spacial score (nSPS) is 21.2. The van der Waals surface area contributed by atoms with Gasteiger partial charge in [-0.3, -0.25) is 0 Å². The summed E-state index contributed by atoms with van der Waals surface area (Å²) in [6.45, 7) is 0.324. The molecule has 1 fully saturated rings. The van der Waals surface area contributed by atoms with Crippen molar-refractivity contribution in [3.8, 4) is 0 Å².